The average Bonchev–Trinajstić information content (AvgIpc) is 2.52. The molecule has 2 aromatic carbocycles. The Morgan fingerprint density at radius 1 is 1.09 bits per heavy atom. The lowest BCUT2D eigenvalue weighted by atomic mass is 10.2. The lowest BCUT2D eigenvalue weighted by Gasteiger charge is -2.10. The second kappa shape index (κ2) is 7.14. The van der Waals surface area contributed by atoms with Gasteiger partial charge in [-0.25, -0.2) is 0 Å². The normalized spacial score (nSPS) is 11.7. The van der Waals surface area contributed by atoms with E-state index in [0.29, 0.717) is 17.1 Å². The van der Waals surface area contributed by atoms with E-state index in [9.17, 15) is 8.42 Å². The van der Waals surface area contributed by atoms with Gasteiger partial charge >= 0.3 is 0 Å². The molecule has 0 N–H and O–H groups in total. The summed E-state index contributed by atoms with van der Waals surface area (Å²) in [4.78, 5) is 0.139. The van der Waals surface area contributed by atoms with Crippen molar-refractivity contribution in [2.75, 3.05) is 14.2 Å². The highest BCUT2D eigenvalue weighted by Gasteiger charge is 2.14. The summed E-state index contributed by atoms with van der Waals surface area (Å²) in [6.07, 6.45) is 1.25. The third kappa shape index (κ3) is 4.11. The Morgan fingerprint density at radius 2 is 1.74 bits per heavy atom. The standard InChI is InChI=1S/C16H16BrNO4S/c1-11-4-6-14(7-5-11)23(19,20)18-10-12-8-13(17)9-15(21-2)16(12)22-3/h4-10H,1-3H3/b18-10-. The number of methoxy groups -OCH3 is 2. The molecular formula is C16H16BrNO4S. The van der Waals surface area contributed by atoms with Crippen molar-refractivity contribution in [3.8, 4) is 11.5 Å². The summed E-state index contributed by atoms with van der Waals surface area (Å²) >= 11 is 3.34. The Bertz CT molecular complexity index is 830. The molecule has 0 heterocycles. The van der Waals surface area contributed by atoms with Gasteiger partial charge < -0.3 is 9.47 Å². The van der Waals surface area contributed by atoms with Gasteiger partial charge in [-0.05, 0) is 31.2 Å². The van der Waals surface area contributed by atoms with Gasteiger partial charge in [0.1, 0.15) is 0 Å². The van der Waals surface area contributed by atoms with Gasteiger partial charge in [-0.15, -0.1) is 0 Å². The molecule has 2 aromatic rings. The van der Waals surface area contributed by atoms with Gasteiger partial charge in [-0.1, -0.05) is 33.6 Å². The lowest BCUT2D eigenvalue weighted by Crippen LogP contribution is -2.00. The smallest absolute Gasteiger partial charge is 0.282 e. The first-order valence-corrected chi connectivity index (χ1v) is 8.89. The van der Waals surface area contributed by atoms with Crippen LogP contribution in [0.4, 0.5) is 0 Å². The van der Waals surface area contributed by atoms with E-state index in [2.05, 4.69) is 20.3 Å². The van der Waals surface area contributed by atoms with Crippen LogP contribution >= 0.6 is 15.9 Å². The number of hydrogen-bond donors (Lipinski definition) is 0. The van der Waals surface area contributed by atoms with Crippen molar-refractivity contribution >= 4 is 32.2 Å². The zero-order chi connectivity index (χ0) is 17.0. The van der Waals surface area contributed by atoms with Gasteiger partial charge in [-0.2, -0.15) is 12.8 Å². The molecule has 2 rings (SSSR count). The summed E-state index contributed by atoms with van der Waals surface area (Å²) in [5.41, 5.74) is 1.47. The van der Waals surface area contributed by atoms with Gasteiger partial charge in [0.15, 0.2) is 11.5 Å². The summed E-state index contributed by atoms with van der Waals surface area (Å²) in [7, 11) is -0.783. The van der Waals surface area contributed by atoms with Gasteiger partial charge in [-0.3, -0.25) is 0 Å². The van der Waals surface area contributed by atoms with E-state index in [1.165, 1.54) is 32.6 Å². The molecule has 0 aliphatic carbocycles. The molecule has 0 aliphatic rings. The van der Waals surface area contributed by atoms with Crippen LogP contribution in [0, 0.1) is 6.92 Å². The third-order valence-corrected chi connectivity index (χ3v) is 4.83. The highest BCUT2D eigenvalue weighted by atomic mass is 79.9. The average molecular weight is 398 g/mol. The maximum atomic E-state index is 12.3. The Hall–Kier alpha value is -1.86. The predicted octanol–water partition coefficient (Wildman–Crippen LogP) is 3.58. The largest absolute Gasteiger partial charge is 0.493 e. The van der Waals surface area contributed by atoms with E-state index in [-0.39, 0.29) is 4.90 Å². The molecule has 0 saturated carbocycles. The Kier molecular flexibility index (Phi) is 5.43. The molecule has 23 heavy (non-hydrogen) atoms. The molecule has 5 nitrogen and oxygen atoms in total. The van der Waals surface area contributed by atoms with Crippen LogP contribution in [-0.4, -0.2) is 28.9 Å². The SMILES string of the molecule is COc1cc(Br)cc(/C=N\S(=O)(=O)c2ccc(C)cc2)c1OC. The molecule has 0 aromatic heterocycles. The van der Waals surface area contributed by atoms with Crippen LogP contribution in [0.1, 0.15) is 11.1 Å². The molecule has 0 atom stereocenters. The Balaban J connectivity index is 2.43. The van der Waals surface area contributed by atoms with Crippen LogP contribution in [0.25, 0.3) is 0 Å². The van der Waals surface area contributed by atoms with E-state index in [0.717, 1.165) is 10.0 Å². The van der Waals surface area contributed by atoms with Crippen LogP contribution in [-0.2, 0) is 10.0 Å². The van der Waals surface area contributed by atoms with E-state index in [1.54, 1.807) is 24.3 Å². The van der Waals surface area contributed by atoms with Crippen LogP contribution < -0.4 is 9.47 Å². The highest BCUT2D eigenvalue weighted by molar-refractivity contribution is 9.10. The minimum atomic E-state index is -3.77. The molecule has 0 fully saturated rings. The minimum absolute atomic E-state index is 0.139. The predicted molar refractivity (Wildman–Crippen MR) is 93.2 cm³/mol. The van der Waals surface area contributed by atoms with E-state index in [1.807, 2.05) is 6.92 Å². The van der Waals surface area contributed by atoms with Crippen LogP contribution in [0.2, 0.25) is 0 Å². The monoisotopic (exact) mass is 397 g/mol. The fraction of sp³-hybridized carbons (Fsp3) is 0.188. The van der Waals surface area contributed by atoms with Gasteiger partial charge in [0.2, 0.25) is 0 Å². The molecule has 0 bridgehead atoms. The zero-order valence-corrected chi connectivity index (χ0v) is 15.3. The first-order chi connectivity index (χ1) is 10.9. The number of nitrogens with zero attached hydrogens (tertiary/aromatic N) is 1. The number of aryl methyl sites for hydroxylation is 1. The maximum absolute atomic E-state index is 12.3. The summed E-state index contributed by atoms with van der Waals surface area (Å²) in [5, 5.41) is 0. The first kappa shape index (κ1) is 17.5. The zero-order valence-electron chi connectivity index (χ0n) is 12.9. The Labute approximate surface area is 144 Å². The molecule has 0 aliphatic heterocycles. The van der Waals surface area contributed by atoms with Crippen molar-refractivity contribution < 1.29 is 17.9 Å². The van der Waals surface area contributed by atoms with Crippen molar-refractivity contribution in [1.82, 2.24) is 0 Å². The molecule has 0 amide bonds. The summed E-state index contributed by atoms with van der Waals surface area (Å²) in [6, 6.07) is 9.94. The number of halogens is 1. The molecule has 0 unspecified atom stereocenters. The molecular weight excluding hydrogens is 382 g/mol. The second-order valence-electron chi connectivity index (χ2n) is 4.75. The van der Waals surface area contributed by atoms with Crippen molar-refractivity contribution in [1.29, 1.82) is 0 Å². The highest BCUT2D eigenvalue weighted by Crippen LogP contribution is 2.33. The summed E-state index contributed by atoms with van der Waals surface area (Å²) in [6.45, 7) is 1.89. The molecule has 122 valence electrons. The molecule has 0 saturated heterocycles. The number of hydrogen-bond acceptors (Lipinski definition) is 4. The fourth-order valence-corrected chi connectivity index (χ4v) is 3.26. The van der Waals surface area contributed by atoms with Crippen molar-refractivity contribution in [2.45, 2.75) is 11.8 Å². The Morgan fingerprint density at radius 3 is 2.30 bits per heavy atom. The van der Waals surface area contributed by atoms with Crippen molar-refractivity contribution in [3.63, 3.8) is 0 Å². The molecule has 0 spiro atoms. The molecule has 7 heteroatoms. The van der Waals surface area contributed by atoms with Crippen molar-refractivity contribution in [3.05, 3.63) is 52.0 Å². The summed E-state index contributed by atoms with van der Waals surface area (Å²) in [5.74, 6) is 0.898. The second-order valence-corrected chi connectivity index (χ2v) is 7.30. The fourth-order valence-electron chi connectivity index (χ4n) is 1.95. The van der Waals surface area contributed by atoms with E-state index >= 15 is 0 Å². The van der Waals surface area contributed by atoms with E-state index in [4.69, 9.17) is 9.47 Å². The van der Waals surface area contributed by atoms with Gasteiger partial charge in [0.25, 0.3) is 10.0 Å². The van der Waals surface area contributed by atoms with Gasteiger partial charge in [0.05, 0.1) is 25.3 Å². The number of sulfonamides is 1. The first-order valence-electron chi connectivity index (χ1n) is 6.66. The minimum Gasteiger partial charge on any atom is -0.493 e. The van der Waals surface area contributed by atoms with Gasteiger partial charge in [0, 0.05) is 10.0 Å². The number of ether oxygens (including phenoxy) is 2. The number of rotatable bonds is 5. The topological polar surface area (TPSA) is 65.0 Å². The maximum Gasteiger partial charge on any atom is 0.282 e. The van der Waals surface area contributed by atoms with Crippen LogP contribution in [0.3, 0.4) is 0 Å². The lowest BCUT2D eigenvalue weighted by molar-refractivity contribution is 0.354. The third-order valence-electron chi connectivity index (χ3n) is 3.12. The summed E-state index contributed by atoms with van der Waals surface area (Å²) < 4.78 is 39.5. The quantitative estimate of drug-likeness (QED) is 0.723. The van der Waals surface area contributed by atoms with Crippen LogP contribution in [0.5, 0.6) is 11.5 Å². The van der Waals surface area contributed by atoms with E-state index < -0.39 is 10.0 Å². The number of benzene rings is 2. The molecule has 0 radical (unpaired) electrons. The van der Waals surface area contributed by atoms with Crippen LogP contribution in [0.15, 0.2) is 50.2 Å². The van der Waals surface area contributed by atoms with Crippen molar-refractivity contribution in [2.24, 2.45) is 4.40 Å².